The van der Waals surface area contributed by atoms with Gasteiger partial charge in [0.25, 0.3) is 0 Å². The summed E-state index contributed by atoms with van der Waals surface area (Å²) in [7, 11) is 0. The van der Waals surface area contributed by atoms with Crippen molar-refractivity contribution in [2.24, 2.45) is 5.92 Å². The smallest absolute Gasteiger partial charge is 0.169 e. The molecule has 2 aromatic carbocycles. The Morgan fingerprint density at radius 1 is 1.28 bits per heavy atom. The number of aromatic nitrogens is 2. The monoisotopic (exact) mass is 468 g/mol. The van der Waals surface area contributed by atoms with Crippen LogP contribution in [0, 0.1) is 5.92 Å². The van der Waals surface area contributed by atoms with Crippen LogP contribution in [0.3, 0.4) is 0 Å². The number of hydrogen-bond donors (Lipinski definition) is 1. The van der Waals surface area contributed by atoms with Gasteiger partial charge in [-0.25, -0.2) is 0 Å². The lowest BCUT2D eigenvalue weighted by atomic mass is 9.82. The highest BCUT2D eigenvalue weighted by atomic mass is 35.5. The van der Waals surface area contributed by atoms with E-state index in [1.54, 1.807) is 6.20 Å². The average molecular weight is 469 g/mol. The van der Waals surface area contributed by atoms with Crippen LogP contribution in [-0.4, -0.2) is 22.6 Å². The average Bonchev–Trinajstić information content (AvgIpc) is 3.24. The van der Waals surface area contributed by atoms with Crippen molar-refractivity contribution < 1.29 is 9.53 Å². The Labute approximate surface area is 198 Å². The van der Waals surface area contributed by atoms with Crippen LogP contribution in [0.2, 0.25) is 10.2 Å². The number of allylic oxidation sites excluding steroid dienone is 2. The molecular weight excluding hydrogens is 443 g/mol. The minimum atomic E-state index is -0.250. The lowest BCUT2D eigenvalue weighted by molar-refractivity contribution is -0.118. The molecule has 4 rings (SSSR count). The molecule has 0 radical (unpaired) electrons. The van der Waals surface area contributed by atoms with E-state index in [1.165, 1.54) is 0 Å². The summed E-state index contributed by atoms with van der Waals surface area (Å²) >= 11 is 12.4. The molecule has 0 aliphatic carbocycles. The Balaban J connectivity index is 1.69. The number of hydrogen-bond acceptors (Lipinski definition) is 3. The van der Waals surface area contributed by atoms with E-state index in [2.05, 4.69) is 30.1 Å². The van der Waals surface area contributed by atoms with Gasteiger partial charge in [0.05, 0.1) is 18.7 Å². The fourth-order valence-electron chi connectivity index (χ4n) is 4.26. The van der Waals surface area contributed by atoms with Crippen LogP contribution >= 0.6 is 23.2 Å². The number of ether oxygens (including phenoxy) is 1. The molecule has 3 aromatic rings. The van der Waals surface area contributed by atoms with Crippen molar-refractivity contribution in [2.45, 2.75) is 39.5 Å². The van der Waals surface area contributed by atoms with E-state index in [0.717, 1.165) is 45.6 Å². The van der Waals surface area contributed by atoms with Crippen LogP contribution < -0.4 is 4.74 Å². The number of nitrogens with one attached hydrogen (secondary N) is 1. The van der Waals surface area contributed by atoms with Gasteiger partial charge >= 0.3 is 0 Å². The molecule has 1 aliphatic heterocycles. The molecular formula is C26H26Cl2N2O2. The van der Waals surface area contributed by atoms with Gasteiger partial charge < -0.3 is 4.74 Å². The summed E-state index contributed by atoms with van der Waals surface area (Å²) in [6, 6.07) is 11.7. The second-order valence-electron chi connectivity index (χ2n) is 8.24. The molecule has 0 fully saturated rings. The van der Waals surface area contributed by atoms with E-state index in [1.807, 2.05) is 43.3 Å². The maximum atomic E-state index is 13.6. The van der Waals surface area contributed by atoms with Crippen molar-refractivity contribution in [1.82, 2.24) is 10.2 Å². The number of Topliss-reactive ketones (excluding diaryl/α,β-unsaturated/α-hetero) is 1. The van der Waals surface area contributed by atoms with Crippen molar-refractivity contribution in [3.8, 4) is 16.9 Å². The first-order valence-corrected chi connectivity index (χ1v) is 11.6. The highest BCUT2D eigenvalue weighted by Gasteiger charge is 2.30. The second-order valence-corrected chi connectivity index (χ2v) is 9.05. The third-order valence-electron chi connectivity index (χ3n) is 6.24. The van der Waals surface area contributed by atoms with Crippen LogP contribution in [0.15, 0.2) is 48.7 Å². The van der Waals surface area contributed by atoms with Gasteiger partial charge in [-0.3, -0.25) is 9.89 Å². The van der Waals surface area contributed by atoms with Crippen molar-refractivity contribution in [3.63, 3.8) is 0 Å². The lowest BCUT2D eigenvalue weighted by Gasteiger charge is -2.26. The van der Waals surface area contributed by atoms with E-state index in [4.69, 9.17) is 27.9 Å². The van der Waals surface area contributed by atoms with E-state index >= 15 is 0 Å². The van der Waals surface area contributed by atoms with Gasteiger partial charge in [0.1, 0.15) is 10.9 Å². The third kappa shape index (κ3) is 4.35. The Hall–Kier alpha value is -2.56. The minimum Gasteiger partial charge on any atom is -0.493 e. The summed E-state index contributed by atoms with van der Waals surface area (Å²) in [5, 5.41) is 7.97. The molecule has 4 nitrogen and oxygen atoms in total. The maximum Gasteiger partial charge on any atom is 0.169 e. The topological polar surface area (TPSA) is 55.0 Å². The first-order chi connectivity index (χ1) is 15.4. The van der Waals surface area contributed by atoms with Crippen molar-refractivity contribution in [1.29, 1.82) is 0 Å². The Morgan fingerprint density at radius 2 is 2.09 bits per heavy atom. The summed E-state index contributed by atoms with van der Waals surface area (Å²) in [5.74, 6) is 0.930. The van der Waals surface area contributed by atoms with Gasteiger partial charge in [-0.1, -0.05) is 61.3 Å². The number of nitrogens with zero attached hydrogens (tertiary/aromatic N) is 1. The number of aromatic amines is 1. The van der Waals surface area contributed by atoms with Crippen LogP contribution in [0.25, 0.3) is 16.7 Å². The molecule has 2 unspecified atom stereocenters. The van der Waals surface area contributed by atoms with Crippen LogP contribution in [0.1, 0.15) is 49.8 Å². The van der Waals surface area contributed by atoms with Gasteiger partial charge in [0, 0.05) is 16.2 Å². The quantitative estimate of drug-likeness (QED) is 0.391. The summed E-state index contributed by atoms with van der Waals surface area (Å²) in [4.78, 5) is 13.6. The highest BCUT2D eigenvalue weighted by molar-refractivity contribution is 6.32. The fraction of sp³-hybridized carbons (Fsp3) is 0.308. The van der Waals surface area contributed by atoms with Gasteiger partial charge in [-0.05, 0) is 66.1 Å². The second kappa shape index (κ2) is 9.51. The standard InChI is InChI=1S/C26H26Cl2N2O2/c1-4-15(3)22-12-16(23-13-29-30-26(23)28)6-8-21(22)20(5-2)25(31)18-10-17-11-19(27)7-9-24(17)32-14-18/h5-9,11-13,15,18H,4,10,14H2,1-3H3,(H,29,30)/b20-5+. The van der Waals surface area contributed by atoms with E-state index in [0.29, 0.717) is 23.2 Å². The van der Waals surface area contributed by atoms with E-state index < -0.39 is 0 Å². The number of H-pyrrole nitrogens is 1. The molecule has 6 heteroatoms. The van der Waals surface area contributed by atoms with Crippen LogP contribution in [0.5, 0.6) is 5.75 Å². The zero-order chi connectivity index (χ0) is 22.8. The molecule has 166 valence electrons. The molecule has 2 heterocycles. The van der Waals surface area contributed by atoms with Gasteiger partial charge in [-0.15, -0.1) is 0 Å². The van der Waals surface area contributed by atoms with Crippen molar-refractivity contribution >= 4 is 34.6 Å². The normalized spacial score (nSPS) is 16.9. The van der Waals surface area contributed by atoms with Crippen molar-refractivity contribution in [2.75, 3.05) is 6.61 Å². The van der Waals surface area contributed by atoms with Crippen molar-refractivity contribution in [3.05, 3.63) is 75.5 Å². The Kier molecular flexibility index (Phi) is 6.73. The zero-order valence-electron chi connectivity index (χ0n) is 18.4. The first-order valence-electron chi connectivity index (χ1n) is 10.9. The van der Waals surface area contributed by atoms with E-state index in [-0.39, 0.29) is 17.6 Å². The highest BCUT2D eigenvalue weighted by Crippen LogP contribution is 2.37. The molecule has 0 saturated heterocycles. The zero-order valence-corrected chi connectivity index (χ0v) is 19.9. The number of ketones is 1. The molecule has 1 aliphatic rings. The fourth-order valence-corrected chi connectivity index (χ4v) is 4.66. The number of rotatable bonds is 6. The molecule has 32 heavy (non-hydrogen) atoms. The molecule has 0 amide bonds. The van der Waals surface area contributed by atoms with E-state index in [9.17, 15) is 4.79 Å². The molecule has 0 bridgehead atoms. The summed E-state index contributed by atoms with van der Waals surface area (Å²) in [6.07, 6.45) is 5.22. The third-order valence-corrected chi connectivity index (χ3v) is 6.77. The van der Waals surface area contributed by atoms with Crippen LogP contribution in [-0.2, 0) is 11.2 Å². The first kappa shape index (κ1) is 22.6. The molecule has 1 N–H and O–H groups in total. The predicted molar refractivity (Wildman–Crippen MR) is 131 cm³/mol. The number of halogens is 2. The number of benzene rings is 2. The Bertz CT molecular complexity index is 1180. The molecule has 2 atom stereocenters. The Morgan fingerprint density at radius 3 is 2.78 bits per heavy atom. The predicted octanol–water partition coefficient (Wildman–Crippen LogP) is 7.12. The number of carbonyl (C=O) groups is 1. The summed E-state index contributed by atoms with van der Waals surface area (Å²) in [6.45, 7) is 6.62. The number of carbonyl (C=O) groups excluding carboxylic acids is 1. The maximum absolute atomic E-state index is 13.6. The number of fused-ring (bicyclic) bond motifs is 1. The SMILES string of the molecule is C/C=C(/C(=O)C1COc2ccc(Cl)cc2C1)c1ccc(-c2cn[nH]c2Cl)cc1C(C)CC. The molecule has 1 aromatic heterocycles. The van der Waals surface area contributed by atoms with Crippen LogP contribution in [0.4, 0.5) is 0 Å². The lowest BCUT2D eigenvalue weighted by Crippen LogP contribution is -2.29. The van der Waals surface area contributed by atoms with Gasteiger partial charge in [0.2, 0.25) is 0 Å². The van der Waals surface area contributed by atoms with Gasteiger partial charge in [0.15, 0.2) is 5.78 Å². The molecule has 0 saturated carbocycles. The summed E-state index contributed by atoms with van der Waals surface area (Å²) < 4.78 is 5.89. The summed E-state index contributed by atoms with van der Waals surface area (Å²) in [5.41, 5.74) is 5.63. The molecule has 0 spiro atoms. The largest absolute Gasteiger partial charge is 0.493 e. The van der Waals surface area contributed by atoms with Gasteiger partial charge in [-0.2, -0.15) is 5.10 Å². The minimum absolute atomic E-state index is 0.0942.